The maximum absolute atomic E-state index is 10.6. The van der Waals surface area contributed by atoms with Crippen molar-refractivity contribution in [2.24, 2.45) is 11.3 Å². The number of carboxylic acid groups (broad SMARTS) is 2. The van der Waals surface area contributed by atoms with Gasteiger partial charge in [-0.2, -0.15) is 26.3 Å². The van der Waals surface area contributed by atoms with Gasteiger partial charge in [0.25, 0.3) is 0 Å². The van der Waals surface area contributed by atoms with Crippen molar-refractivity contribution in [2.75, 3.05) is 54.1 Å². The van der Waals surface area contributed by atoms with Gasteiger partial charge < -0.3 is 24.6 Å². The lowest BCUT2D eigenvalue weighted by atomic mass is 9.77. The van der Waals surface area contributed by atoms with Gasteiger partial charge in [0.2, 0.25) is 0 Å². The number of carboxylic acids is 2. The van der Waals surface area contributed by atoms with Gasteiger partial charge in [0, 0.05) is 50.2 Å². The first-order valence-corrected chi connectivity index (χ1v) is 10.7. The minimum absolute atomic E-state index is 0.409. The molecule has 0 bridgehead atoms. The summed E-state index contributed by atoms with van der Waals surface area (Å²) in [6.45, 7) is 6.57. The minimum atomic E-state index is -5.08. The highest BCUT2D eigenvalue weighted by molar-refractivity contribution is 5.73. The van der Waals surface area contributed by atoms with Crippen LogP contribution in [-0.2, 0) is 20.9 Å². The van der Waals surface area contributed by atoms with Crippen LogP contribution in [0.5, 0.6) is 5.75 Å². The van der Waals surface area contributed by atoms with Gasteiger partial charge in [0.15, 0.2) is 0 Å². The Morgan fingerprint density at radius 2 is 1.56 bits per heavy atom. The van der Waals surface area contributed by atoms with Crippen LogP contribution in [0.2, 0.25) is 0 Å². The van der Waals surface area contributed by atoms with Crippen molar-refractivity contribution in [2.45, 2.75) is 25.3 Å². The molecular weight excluding hydrogens is 502 g/mol. The lowest BCUT2D eigenvalue weighted by molar-refractivity contribution is -0.193. The molecule has 36 heavy (non-hydrogen) atoms. The van der Waals surface area contributed by atoms with Crippen LogP contribution in [0.1, 0.15) is 12.0 Å². The second-order valence-electron chi connectivity index (χ2n) is 8.59. The van der Waals surface area contributed by atoms with Crippen LogP contribution in [0.3, 0.4) is 0 Å². The quantitative estimate of drug-likeness (QED) is 0.558. The zero-order chi connectivity index (χ0) is 27.7. The average molecular weight is 532 g/mol. The monoisotopic (exact) mass is 532 g/mol. The van der Waals surface area contributed by atoms with E-state index >= 15 is 0 Å². The lowest BCUT2D eigenvalue weighted by Crippen LogP contribution is -2.36. The van der Waals surface area contributed by atoms with Crippen LogP contribution >= 0.6 is 0 Å². The Hall–Kier alpha value is -2.58. The molecule has 2 aliphatic rings. The summed E-state index contributed by atoms with van der Waals surface area (Å²) < 4.78 is 74.5. The molecule has 0 amide bonds. The van der Waals surface area contributed by atoms with Crippen LogP contribution < -0.4 is 4.74 Å². The number of nitrogens with zero attached hydrogens (tertiary/aromatic N) is 2. The number of alkyl halides is 6. The maximum atomic E-state index is 10.6. The molecule has 2 fully saturated rings. The fourth-order valence-electron chi connectivity index (χ4n) is 4.39. The standard InChI is InChI=1S/C18H28N2O2.2C2HF3O2/c1-19-11-16(12-21-2)18(13-19)8-9-20(14-18)10-15-6-4-5-7-17(15)22-3;2*3-2(4,5)1(6)7/h4-7,16H,8-14H2,1-3H3;2*(H,6,7)/t16-,18+;;/m0../s1. The number of aliphatic carboxylic acids is 2. The van der Waals surface area contributed by atoms with Gasteiger partial charge in [-0.05, 0) is 26.1 Å². The first-order valence-electron chi connectivity index (χ1n) is 10.7. The topological polar surface area (TPSA) is 99.5 Å². The zero-order valence-corrected chi connectivity index (χ0v) is 20.0. The van der Waals surface area contributed by atoms with Crippen LogP contribution in [0, 0.1) is 11.3 Å². The van der Waals surface area contributed by atoms with Crippen molar-refractivity contribution < 1.29 is 55.6 Å². The van der Waals surface area contributed by atoms with Crippen molar-refractivity contribution in [1.82, 2.24) is 9.80 Å². The van der Waals surface area contributed by atoms with Gasteiger partial charge >= 0.3 is 24.3 Å². The van der Waals surface area contributed by atoms with Crippen LogP contribution in [-0.4, -0.2) is 98.4 Å². The summed E-state index contributed by atoms with van der Waals surface area (Å²) in [6.07, 6.45) is -8.89. The second-order valence-corrected chi connectivity index (χ2v) is 8.59. The van der Waals surface area contributed by atoms with Crippen LogP contribution in [0.15, 0.2) is 24.3 Å². The molecule has 2 atom stereocenters. The van der Waals surface area contributed by atoms with Crippen molar-refractivity contribution in [1.29, 1.82) is 0 Å². The molecule has 2 N–H and O–H groups in total. The Balaban J connectivity index is 0.000000383. The molecular formula is C22H30F6N2O6. The van der Waals surface area contributed by atoms with E-state index in [1.165, 1.54) is 31.6 Å². The van der Waals surface area contributed by atoms with Gasteiger partial charge in [0.1, 0.15) is 5.75 Å². The van der Waals surface area contributed by atoms with E-state index in [0.29, 0.717) is 11.3 Å². The molecule has 8 nitrogen and oxygen atoms in total. The average Bonchev–Trinajstić information content (AvgIpc) is 3.30. The van der Waals surface area contributed by atoms with Gasteiger partial charge in [-0.1, -0.05) is 18.2 Å². The lowest BCUT2D eigenvalue weighted by Gasteiger charge is -2.30. The molecule has 3 rings (SSSR count). The summed E-state index contributed by atoms with van der Waals surface area (Å²) in [5.41, 5.74) is 1.70. The first kappa shape index (κ1) is 31.4. The number of rotatable bonds is 5. The molecule has 1 aromatic rings. The highest BCUT2D eigenvalue weighted by atomic mass is 19.4. The molecule has 206 valence electrons. The summed E-state index contributed by atoms with van der Waals surface area (Å²) in [4.78, 5) is 22.8. The highest BCUT2D eigenvalue weighted by Crippen LogP contribution is 2.44. The van der Waals surface area contributed by atoms with Crippen molar-refractivity contribution in [3.63, 3.8) is 0 Å². The minimum Gasteiger partial charge on any atom is -0.496 e. The molecule has 0 aromatic heterocycles. The molecule has 1 aromatic carbocycles. The maximum Gasteiger partial charge on any atom is 0.490 e. The van der Waals surface area contributed by atoms with E-state index in [1.54, 1.807) is 7.11 Å². The number of para-hydroxylation sites is 1. The summed E-state index contributed by atoms with van der Waals surface area (Å²) >= 11 is 0. The van der Waals surface area contributed by atoms with Crippen molar-refractivity contribution in [3.8, 4) is 5.75 Å². The fraction of sp³-hybridized carbons (Fsp3) is 0.636. The Labute approximate surface area is 204 Å². The largest absolute Gasteiger partial charge is 0.496 e. The first-order chi connectivity index (χ1) is 16.6. The number of hydrogen-bond acceptors (Lipinski definition) is 6. The number of likely N-dealkylation sites (tertiary alicyclic amines) is 2. The fourth-order valence-corrected chi connectivity index (χ4v) is 4.39. The molecule has 0 radical (unpaired) electrons. The number of methoxy groups -OCH3 is 2. The number of hydrogen-bond donors (Lipinski definition) is 2. The zero-order valence-electron chi connectivity index (χ0n) is 20.0. The molecule has 0 aliphatic carbocycles. The van der Waals surface area contributed by atoms with E-state index in [2.05, 4.69) is 35.0 Å². The van der Waals surface area contributed by atoms with Crippen LogP contribution in [0.25, 0.3) is 0 Å². The predicted molar refractivity (Wildman–Crippen MR) is 116 cm³/mol. The molecule has 0 unspecified atom stereocenters. The third-order valence-corrected chi connectivity index (χ3v) is 5.89. The Morgan fingerprint density at radius 3 is 2.03 bits per heavy atom. The van der Waals surface area contributed by atoms with E-state index in [-0.39, 0.29) is 0 Å². The van der Waals surface area contributed by atoms with Crippen molar-refractivity contribution in [3.05, 3.63) is 29.8 Å². The summed E-state index contributed by atoms with van der Waals surface area (Å²) in [6, 6.07) is 8.37. The molecule has 2 aliphatic heterocycles. The van der Waals surface area contributed by atoms with Gasteiger partial charge in [-0.25, -0.2) is 9.59 Å². The summed E-state index contributed by atoms with van der Waals surface area (Å²) in [5.74, 6) is -3.86. The third kappa shape index (κ3) is 9.47. The number of carbonyl (C=O) groups is 2. The van der Waals surface area contributed by atoms with Crippen molar-refractivity contribution >= 4 is 11.9 Å². The van der Waals surface area contributed by atoms with E-state index in [9.17, 15) is 26.3 Å². The molecule has 2 saturated heterocycles. The Morgan fingerprint density at radius 1 is 1.03 bits per heavy atom. The highest BCUT2D eigenvalue weighted by Gasteiger charge is 2.49. The molecule has 1 spiro atoms. The molecule has 2 heterocycles. The molecule has 0 saturated carbocycles. The Kier molecular flexibility index (Phi) is 11.4. The molecule has 14 heteroatoms. The van der Waals surface area contributed by atoms with E-state index in [4.69, 9.17) is 29.3 Å². The summed E-state index contributed by atoms with van der Waals surface area (Å²) in [7, 11) is 5.82. The number of halogens is 6. The van der Waals surface area contributed by atoms with E-state index < -0.39 is 24.3 Å². The second kappa shape index (κ2) is 13.1. The SMILES string of the molecule is COC[C@@H]1CN(C)C[C@@]12CCN(Cc1ccccc1OC)C2.O=C(O)C(F)(F)F.O=C(O)C(F)(F)F. The number of benzene rings is 1. The normalized spacial score (nSPS) is 22.4. The predicted octanol–water partition coefficient (Wildman–Crippen LogP) is 3.36. The van der Waals surface area contributed by atoms with Gasteiger partial charge in [0.05, 0.1) is 13.7 Å². The van der Waals surface area contributed by atoms with E-state index in [1.807, 2.05) is 13.2 Å². The number of ether oxygens (including phenoxy) is 2. The van der Waals surface area contributed by atoms with E-state index in [0.717, 1.165) is 25.4 Å². The third-order valence-electron chi connectivity index (χ3n) is 5.89. The summed E-state index contributed by atoms with van der Waals surface area (Å²) in [5, 5.41) is 14.2. The van der Waals surface area contributed by atoms with Gasteiger partial charge in [-0.15, -0.1) is 0 Å². The van der Waals surface area contributed by atoms with Gasteiger partial charge in [-0.3, -0.25) is 4.90 Å². The van der Waals surface area contributed by atoms with Crippen LogP contribution in [0.4, 0.5) is 26.3 Å². The smallest absolute Gasteiger partial charge is 0.490 e. The Bertz CT molecular complexity index is 842.